The van der Waals surface area contributed by atoms with Crippen LogP contribution < -0.4 is 15.4 Å². The lowest BCUT2D eigenvalue weighted by Gasteiger charge is -2.33. The molecule has 196 valence electrons. The molecular weight excluding hydrogens is 492 g/mol. The number of hydrogen-bond donors (Lipinski definition) is 2. The van der Waals surface area contributed by atoms with Crippen molar-refractivity contribution in [2.75, 3.05) is 30.3 Å². The van der Waals surface area contributed by atoms with Crippen LogP contribution in [0.15, 0.2) is 48.1 Å². The van der Waals surface area contributed by atoms with Gasteiger partial charge < -0.3 is 14.4 Å². The fraction of sp³-hybridized carbons (Fsp3) is 0.423. The minimum Gasteiger partial charge on any atom is -0.478 e. The molecule has 0 atom stereocenters. The number of nitrogens with one attached hydrogen (secondary N) is 2. The number of piperidine rings is 1. The summed E-state index contributed by atoms with van der Waals surface area (Å²) in [5.41, 5.74) is 0.456. The number of likely N-dealkylation sites (tertiary alicyclic amines) is 1. The highest BCUT2D eigenvalue weighted by Crippen LogP contribution is 2.26. The van der Waals surface area contributed by atoms with E-state index in [0.717, 1.165) is 29.8 Å². The maximum Gasteiger partial charge on any atom is 0.410 e. The van der Waals surface area contributed by atoms with Crippen molar-refractivity contribution in [1.82, 2.24) is 19.9 Å². The van der Waals surface area contributed by atoms with Gasteiger partial charge in [0.25, 0.3) is 0 Å². The Balaban J connectivity index is 1.19. The first-order chi connectivity index (χ1) is 17.7. The van der Waals surface area contributed by atoms with Crippen LogP contribution in [0.2, 0.25) is 0 Å². The molecule has 0 bridgehead atoms. The van der Waals surface area contributed by atoms with E-state index < -0.39 is 11.6 Å². The molecule has 37 heavy (non-hydrogen) atoms. The van der Waals surface area contributed by atoms with Crippen LogP contribution >= 0.6 is 11.3 Å². The second kappa shape index (κ2) is 12.0. The fourth-order valence-electron chi connectivity index (χ4n) is 3.85. The molecule has 11 heteroatoms. The Bertz CT molecular complexity index is 1190. The average Bonchev–Trinajstić information content (AvgIpc) is 3.32. The second-order valence-electron chi connectivity index (χ2n) is 9.76. The summed E-state index contributed by atoms with van der Waals surface area (Å²) < 4.78 is 11.3. The normalized spacial score (nSPS) is 14.2. The summed E-state index contributed by atoms with van der Waals surface area (Å²) in [5.74, 6) is 1.75. The predicted molar refractivity (Wildman–Crippen MR) is 143 cm³/mol. The van der Waals surface area contributed by atoms with Crippen LogP contribution in [0, 0.1) is 5.92 Å². The van der Waals surface area contributed by atoms with E-state index >= 15 is 0 Å². The predicted octanol–water partition coefficient (Wildman–Crippen LogP) is 5.66. The summed E-state index contributed by atoms with van der Waals surface area (Å²) in [5, 5.41) is 8.01. The van der Waals surface area contributed by atoms with Crippen molar-refractivity contribution in [1.29, 1.82) is 0 Å². The van der Waals surface area contributed by atoms with E-state index in [2.05, 4.69) is 25.6 Å². The van der Waals surface area contributed by atoms with Crippen molar-refractivity contribution < 1.29 is 19.1 Å². The van der Waals surface area contributed by atoms with Crippen molar-refractivity contribution in [2.45, 2.75) is 45.6 Å². The molecule has 1 saturated heterocycles. The average molecular weight is 525 g/mol. The standard InChI is InChI=1S/C26H32N6O4S/c1-26(2,3)36-25(34)32-14-9-18(10-15-32)11-16-35-22-6-4-5-20(28-22)30-24(33)31-21-17-37-23(29-21)19-7-12-27-13-8-19/h4-8,12-13,17-18H,9-11,14-16H2,1-3H3,(H2,28,30,31,33). The van der Waals surface area contributed by atoms with Gasteiger partial charge in [-0.25, -0.2) is 14.6 Å². The summed E-state index contributed by atoms with van der Waals surface area (Å²) >= 11 is 1.43. The minimum atomic E-state index is -0.483. The molecule has 1 aliphatic rings. The monoisotopic (exact) mass is 524 g/mol. The highest BCUT2D eigenvalue weighted by molar-refractivity contribution is 7.13. The van der Waals surface area contributed by atoms with E-state index in [-0.39, 0.29) is 6.09 Å². The van der Waals surface area contributed by atoms with Crippen LogP contribution in [0.4, 0.5) is 21.2 Å². The summed E-state index contributed by atoms with van der Waals surface area (Å²) in [6, 6.07) is 8.53. The number of urea groups is 1. The van der Waals surface area contributed by atoms with Crippen LogP contribution in [-0.2, 0) is 4.74 Å². The van der Waals surface area contributed by atoms with Gasteiger partial charge >= 0.3 is 12.1 Å². The molecule has 1 aliphatic heterocycles. The smallest absolute Gasteiger partial charge is 0.410 e. The number of anilines is 2. The second-order valence-corrected chi connectivity index (χ2v) is 10.6. The maximum absolute atomic E-state index is 12.4. The fourth-order valence-corrected chi connectivity index (χ4v) is 4.61. The zero-order chi connectivity index (χ0) is 26.3. The molecule has 0 radical (unpaired) electrons. The zero-order valence-corrected chi connectivity index (χ0v) is 22.1. The Hall–Kier alpha value is -3.73. The number of hydrogen-bond acceptors (Lipinski definition) is 8. The largest absolute Gasteiger partial charge is 0.478 e. The van der Waals surface area contributed by atoms with Crippen molar-refractivity contribution in [3.8, 4) is 16.5 Å². The number of carbonyl (C=O) groups excluding carboxylic acids is 2. The Morgan fingerprint density at radius 2 is 1.78 bits per heavy atom. The molecule has 4 rings (SSSR count). The van der Waals surface area contributed by atoms with Crippen molar-refractivity contribution in [3.05, 3.63) is 48.1 Å². The van der Waals surface area contributed by atoms with E-state index in [1.165, 1.54) is 11.3 Å². The number of rotatable bonds is 7. The van der Waals surface area contributed by atoms with Crippen molar-refractivity contribution >= 4 is 35.1 Å². The quantitative estimate of drug-likeness (QED) is 0.409. The molecule has 3 aromatic rings. The summed E-state index contributed by atoms with van der Waals surface area (Å²) in [6.45, 7) is 7.52. The van der Waals surface area contributed by atoms with Crippen LogP contribution in [0.5, 0.6) is 5.88 Å². The lowest BCUT2D eigenvalue weighted by Crippen LogP contribution is -2.41. The molecule has 0 unspecified atom stereocenters. The molecule has 10 nitrogen and oxygen atoms in total. The molecule has 4 heterocycles. The van der Waals surface area contributed by atoms with Gasteiger partial charge in [-0.3, -0.25) is 15.6 Å². The van der Waals surface area contributed by atoms with Gasteiger partial charge in [0.1, 0.15) is 22.2 Å². The van der Waals surface area contributed by atoms with E-state index in [1.807, 2.05) is 32.9 Å². The topological polar surface area (TPSA) is 119 Å². The molecule has 0 saturated carbocycles. The Morgan fingerprint density at radius 3 is 2.51 bits per heavy atom. The lowest BCUT2D eigenvalue weighted by atomic mass is 9.94. The maximum atomic E-state index is 12.4. The highest BCUT2D eigenvalue weighted by Gasteiger charge is 2.26. The van der Waals surface area contributed by atoms with Crippen LogP contribution in [0.1, 0.15) is 40.0 Å². The molecule has 0 aliphatic carbocycles. The molecule has 1 fully saturated rings. The number of thiazole rings is 1. The highest BCUT2D eigenvalue weighted by atomic mass is 32.1. The first-order valence-corrected chi connectivity index (χ1v) is 13.1. The number of carbonyl (C=O) groups is 2. The first-order valence-electron chi connectivity index (χ1n) is 12.3. The zero-order valence-electron chi connectivity index (χ0n) is 21.3. The molecular formula is C26H32N6O4S. The third kappa shape index (κ3) is 8.14. The van der Waals surface area contributed by atoms with Crippen LogP contribution in [-0.4, -0.2) is 57.3 Å². The van der Waals surface area contributed by atoms with Crippen LogP contribution in [0.3, 0.4) is 0 Å². The number of ether oxygens (including phenoxy) is 2. The van der Waals surface area contributed by atoms with Gasteiger partial charge in [-0.05, 0) is 64.2 Å². The molecule has 3 amide bonds. The Morgan fingerprint density at radius 1 is 1.05 bits per heavy atom. The summed E-state index contributed by atoms with van der Waals surface area (Å²) in [6.07, 6.45) is 5.85. The summed E-state index contributed by atoms with van der Waals surface area (Å²) in [4.78, 5) is 39.2. The van der Waals surface area contributed by atoms with Gasteiger partial charge in [-0.2, -0.15) is 4.98 Å². The Labute approximate surface area is 220 Å². The van der Waals surface area contributed by atoms with Gasteiger partial charge in [0.2, 0.25) is 5.88 Å². The summed E-state index contributed by atoms with van der Waals surface area (Å²) in [7, 11) is 0. The van der Waals surface area contributed by atoms with Crippen molar-refractivity contribution in [3.63, 3.8) is 0 Å². The third-order valence-corrected chi connectivity index (χ3v) is 6.57. The molecule has 2 N–H and O–H groups in total. The number of nitrogens with zero attached hydrogens (tertiary/aromatic N) is 4. The third-order valence-electron chi connectivity index (χ3n) is 5.68. The van der Waals surface area contributed by atoms with Gasteiger partial charge in [0.05, 0.1) is 6.61 Å². The van der Waals surface area contributed by atoms with Crippen molar-refractivity contribution in [2.24, 2.45) is 5.92 Å². The molecule has 0 aromatic carbocycles. The first kappa shape index (κ1) is 26.3. The van der Waals surface area contributed by atoms with Gasteiger partial charge in [0.15, 0.2) is 0 Å². The SMILES string of the molecule is CC(C)(C)OC(=O)N1CCC(CCOc2cccc(NC(=O)Nc3csc(-c4ccncc4)n3)n2)CC1. The Kier molecular flexibility index (Phi) is 8.54. The van der Waals surface area contributed by atoms with E-state index in [1.54, 1.807) is 40.9 Å². The van der Waals surface area contributed by atoms with Gasteiger partial charge in [-0.1, -0.05) is 6.07 Å². The minimum absolute atomic E-state index is 0.247. The molecule has 0 spiro atoms. The van der Waals surface area contributed by atoms with Crippen LogP contribution in [0.25, 0.3) is 10.6 Å². The number of amides is 3. The lowest BCUT2D eigenvalue weighted by molar-refractivity contribution is 0.0177. The van der Waals surface area contributed by atoms with E-state index in [0.29, 0.717) is 43.1 Å². The van der Waals surface area contributed by atoms with Gasteiger partial charge in [-0.15, -0.1) is 11.3 Å². The van der Waals surface area contributed by atoms with E-state index in [9.17, 15) is 9.59 Å². The molecule has 3 aromatic heterocycles. The number of pyridine rings is 2. The number of aromatic nitrogens is 3. The van der Waals surface area contributed by atoms with E-state index in [4.69, 9.17) is 9.47 Å². The van der Waals surface area contributed by atoms with Gasteiger partial charge in [0, 0.05) is 42.5 Å².